The first-order valence-corrected chi connectivity index (χ1v) is 6.89. The fourth-order valence-corrected chi connectivity index (χ4v) is 2.49. The van der Waals surface area contributed by atoms with Gasteiger partial charge in [-0.15, -0.1) is 11.6 Å². The minimum atomic E-state index is 0.0374. The summed E-state index contributed by atoms with van der Waals surface area (Å²) >= 11 is 5.98. The third-order valence-electron chi connectivity index (χ3n) is 3.20. The molecule has 1 fully saturated rings. The van der Waals surface area contributed by atoms with Crippen LogP contribution in [0.25, 0.3) is 11.2 Å². The molecule has 0 bridgehead atoms. The highest BCUT2D eigenvalue weighted by Gasteiger charge is 2.19. The molecule has 3 heterocycles. The highest BCUT2D eigenvalue weighted by Crippen LogP contribution is 2.18. The van der Waals surface area contributed by atoms with Gasteiger partial charge in [-0.05, 0) is 19.1 Å². The lowest BCUT2D eigenvalue weighted by Crippen LogP contribution is -2.32. The highest BCUT2D eigenvalue weighted by atomic mass is 35.5. The van der Waals surface area contributed by atoms with Crippen LogP contribution in [0, 0.1) is 6.92 Å². The van der Waals surface area contributed by atoms with E-state index in [1.165, 1.54) is 0 Å². The van der Waals surface area contributed by atoms with Crippen LogP contribution in [0.5, 0.6) is 0 Å². The van der Waals surface area contributed by atoms with Crippen molar-refractivity contribution in [3.63, 3.8) is 0 Å². The topological polar surface area (TPSA) is 49.2 Å². The molecule has 6 heteroatoms. The molecule has 0 aromatic carbocycles. The quantitative estimate of drug-likeness (QED) is 0.806. The molecule has 0 spiro atoms. The average Bonchev–Trinajstić information content (AvgIpc) is 2.78. The van der Waals surface area contributed by atoms with Gasteiger partial charge in [0.15, 0.2) is 5.65 Å². The minimum Gasteiger partial charge on any atom is -0.376 e. The van der Waals surface area contributed by atoms with E-state index in [0.717, 1.165) is 22.7 Å². The van der Waals surface area contributed by atoms with E-state index in [9.17, 15) is 0 Å². The second kappa shape index (κ2) is 5.45. The molecule has 0 saturated carbocycles. The summed E-state index contributed by atoms with van der Waals surface area (Å²) in [4.78, 5) is 9.07. The maximum atomic E-state index is 5.98. The number of hydrogen-bond acceptors (Lipinski definition) is 4. The van der Waals surface area contributed by atoms with Crippen molar-refractivity contribution in [2.24, 2.45) is 0 Å². The summed E-state index contributed by atoms with van der Waals surface area (Å²) in [5.41, 5.74) is 2.71. The van der Waals surface area contributed by atoms with Crippen molar-refractivity contribution in [1.82, 2.24) is 14.5 Å². The summed E-state index contributed by atoms with van der Waals surface area (Å²) in [6, 6.07) is 3.93. The fraction of sp³-hybridized carbons (Fsp3) is 0.538. The molecule has 1 aliphatic rings. The number of halogens is 1. The van der Waals surface area contributed by atoms with Crippen LogP contribution < -0.4 is 0 Å². The molecule has 102 valence electrons. The second-order valence-corrected chi connectivity index (χ2v) is 4.90. The van der Waals surface area contributed by atoms with Crippen LogP contribution in [0.4, 0.5) is 0 Å². The van der Waals surface area contributed by atoms with Gasteiger partial charge in [-0.25, -0.2) is 9.97 Å². The molecule has 1 aliphatic heterocycles. The number of rotatable bonds is 3. The van der Waals surface area contributed by atoms with Gasteiger partial charge in [0.25, 0.3) is 0 Å². The second-order valence-electron chi connectivity index (χ2n) is 4.64. The Balaban J connectivity index is 1.97. The van der Waals surface area contributed by atoms with Gasteiger partial charge in [0.2, 0.25) is 0 Å². The molecule has 1 atom stereocenters. The van der Waals surface area contributed by atoms with Crippen molar-refractivity contribution in [1.29, 1.82) is 0 Å². The molecule has 0 aliphatic carbocycles. The van der Waals surface area contributed by atoms with Gasteiger partial charge >= 0.3 is 0 Å². The molecule has 0 amide bonds. The number of alkyl halides is 1. The zero-order valence-corrected chi connectivity index (χ0v) is 11.6. The average molecular weight is 282 g/mol. The predicted molar refractivity (Wildman–Crippen MR) is 72.4 cm³/mol. The number of aromatic nitrogens is 3. The smallest absolute Gasteiger partial charge is 0.160 e. The lowest BCUT2D eigenvalue weighted by atomic mass is 10.3. The number of ether oxygens (including phenoxy) is 2. The Kier molecular flexibility index (Phi) is 3.68. The number of pyridine rings is 1. The van der Waals surface area contributed by atoms with E-state index in [4.69, 9.17) is 21.1 Å². The SMILES string of the molecule is Cc1ccc2nc(CCl)n(CC3COCCO3)c2n1. The summed E-state index contributed by atoms with van der Waals surface area (Å²) in [6.07, 6.45) is 0.0374. The van der Waals surface area contributed by atoms with E-state index in [2.05, 4.69) is 9.97 Å². The van der Waals surface area contributed by atoms with Crippen LogP contribution in [0.15, 0.2) is 12.1 Å². The molecule has 0 radical (unpaired) electrons. The third kappa shape index (κ3) is 2.59. The maximum Gasteiger partial charge on any atom is 0.160 e. The van der Waals surface area contributed by atoms with Crippen LogP contribution in [-0.2, 0) is 21.9 Å². The molecule has 2 aromatic heterocycles. The Morgan fingerprint density at radius 1 is 1.37 bits per heavy atom. The van der Waals surface area contributed by atoms with Gasteiger partial charge in [0, 0.05) is 5.69 Å². The molecule has 5 nitrogen and oxygen atoms in total. The monoisotopic (exact) mass is 281 g/mol. The first-order chi connectivity index (χ1) is 9.28. The van der Waals surface area contributed by atoms with E-state index in [1.807, 2.05) is 23.6 Å². The first kappa shape index (κ1) is 12.8. The summed E-state index contributed by atoms with van der Waals surface area (Å²) in [5, 5.41) is 0. The summed E-state index contributed by atoms with van der Waals surface area (Å²) in [6.45, 7) is 4.56. The van der Waals surface area contributed by atoms with E-state index >= 15 is 0 Å². The van der Waals surface area contributed by atoms with Crippen molar-refractivity contribution in [3.05, 3.63) is 23.7 Å². The van der Waals surface area contributed by atoms with Crippen LogP contribution in [-0.4, -0.2) is 40.5 Å². The Hall–Kier alpha value is -1.17. The Labute approximate surface area is 116 Å². The molecule has 3 rings (SSSR count). The van der Waals surface area contributed by atoms with Gasteiger partial charge in [0.1, 0.15) is 11.3 Å². The van der Waals surface area contributed by atoms with Gasteiger partial charge < -0.3 is 14.0 Å². The summed E-state index contributed by atoms with van der Waals surface area (Å²) in [5.74, 6) is 1.19. The van der Waals surface area contributed by atoms with E-state index in [0.29, 0.717) is 32.2 Å². The highest BCUT2D eigenvalue weighted by molar-refractivity contribution is 6.16. The van der Waals surface area contributed by atoms with Crippen LogP contribution in [0.1, 0.15) is 11.5 Å². The van der Waals surface area contributed by atoms with Crippen molar-refractivity contribution >= 4 is 22.8 Å². The van der Waals surface area contributed by atoms with Crippen molar-refractivity contribution in [3.8, 4) is 0 Å². The normalized spacial score (nSPS) is 20.0. The largest absolute Gasteiger partial charge is 0.376 e. The number of nitrogens with zero attached hydrogens (tertiary/aromatic N) is 3. The number of hydrogen-bond donors (Lipinski definition) is 0. The fourth-order valence-electron chi connectivity index (χ4n) is 2.28. The number of aryl methyl sites for hydroxylation is 1. The van der Waals surface area contributed by atoms with Gasteiger partial charge in [0.05, 0.1) is 38.3 Å². The molecule has 2 aromatic rings. The van der Waals surface area contributed by atoms with Crippen LogP contribution in [0.3, 0.4) is 0 Å². The summed E-state index contributed by atoms with van der Waals surface area (Å²) in [7, 11) is 0. The molecule has 1 unspecified atom stereocenters. The molecule has 1 saturated heterocycles. The van der Waals surface area contributed by atoms with Gasteiger partial charge in [-0.2, -0.15) is 0 Å². The number of fused-ring (bicyclic) bond motifs is 1. The molecular formula is C13H16ClN3O2. The van der Waals surface area contributed by atoms with Gasteiger partial charge in [-0.1, -0.05) is 0 Å². The minimum absolute atomic E-state index is 0.0374. The standard InChI is InChI=1S/C13H16ClN3O2/c1-9-2-3-11-13(15-9)17(12(6-14)16-11)7-10-8-18-4-5-19-10/h2-3,10H,4-8H2,1H3. The zero-order valence-electron chi connectivity index (χ0n) is 10.8. The van der Waals surface area contributed by atoms with Crippen molar-refractivity contribution in [2.75, 3.05) is 19.8 Å². The van der Waals surface area contributed by atoms with Crippen molar-refractivity contribution in [2.45, 2.75) is 25.5 Å². The van der Waals surface area contributed by atoms with Crippen LogP contribution in [0.2, 0.25) is 0 Å². The Bertz CT molecular complexity index is 579. The first-order valence-electron chi connectivity index (χ1n) is 6.36. The van der Waals surface area contributed by atoms with E-state index < -0.39 is 0 Å². The summed E-state index contributed by atoms with van der Waals surface area (Å²) < 4.78 is 13.1. The lowest BCUT2D eigenvalue weighted by molar-refractivity contribution is -0.0934. The number of imidazole rings is 1. The van der Waals surface area contributed by atoms with Crippen LogP contribution >= 0.6 is 11.6 Å². The maximum absolute atomic E-state index is 5.98. The van der Waals surface area contributed by atoms with E-state index in [-0.39, 0.29) is 6.10 Å². The Morgan fingerprint density at radius 2 is 2.26 bits per heavy atom. The lowest BCUT2D eigenvalue weighted by Gasteiger charge is -2.23. The third-order valence-corrected chi connectivity index (χ3v) is 3.44. The van der Waals surface area contributed by atoms with E-state index in [1.54, 1.807) is 0 Å². The molecule has 19 heavy (non-hydrogen) atoms. The molecule has 0 N–H and O–H groups in total. The Morgan fingerprint density at radius 3 is 3.00 bits per heavy atom. The molecular weight excluding hydrogens is 266 g/mol. The zero-order chi connectivity index (χ0) is 13.2. The predicted octanol–water partition coefficient (Wildman–Crippen LogP) is 1.89. The van der Waals surface area contributed by atoms with Gasteiger partial charge in [-0.3, -0.25) is 0 Å². The van der Waals surface area contributed by atoms with Crippen molar-refractivity contribution < 1.29 is 9.47 Å².